The van der Waals surface area contributed by atoms with Gasteiger partial charge in [-0.3, -0.25) is 4.90 Å². The number of aryl methyl sites for hydroxylation is 2. The summed E-state index contributed by atoms with van der Waals surface area (Å²) in [4.78, 5) is 13.2. The van der Waals surface area contributed by atoms with Crippen molar-refractivity contribution in [3.05, 3.63) is 29.3 Å². The van der Waals surface area contributed by atoms with Gasteiger partial charge in [0, 0.05) is 6.54 Å². The summed E-state index contributed by atoms with van der Waals surface area (Å²) >= 11 is 0. The monoisotopic (exact) mass is 349 g/mol. The number of amides is 1. The molecule has 4 heteroatoms. The van der Waals surface area contributed by atoms with Gasteiger partial charge < -0.3 is 9.47 Å². The van der Waals surface area contributed by atoms with Gasteiger partial charge in [0.2, 0.25) is 0 Å². The van der Waals surface area contributed by atoms with E-state index in [4.69, 9.17) is 9.47 Å². The molecule has 0 unspecified atom stereocenters. The predicted octanol–water partition coefficient (Wildman–Crippen LogP) is 5.58. The summed E-state index contributed by atoms with van der Waals surface area (Å²) in [5, 5.41) is 0. The maximum atomic E-state index is 11.7. The molecule has 0 spiro atoms. The van der Waals surface area contributed by atoms with Crippen molar-refractivity contribution in [2.45, 2.75) is 72.1 Å². The standard InChI is InChI=1S/C21H35NO3/c1-5-8-10-12-18-14-15-20(19(16-18)13-11-9-6-2)25-17-22(7-3)21(23)24-4/h14-16H,5-13,17H2,1-4H3. The third-order valence-electron chi connectivity index (χ3n) is 4.43. The normalized spacial score (nSPS) is 10.6. The van der Waals surface area contributed by atoms with Crippen LogP contribution in [-0.2, 0) is 17.6 Å². The topological polar surface area (TPSA) is 38.8 Å². The first kappa shape index (κ1) is 21.3. The van der Waals surface area contributed by atoms with Crippen molar-refractivity contribution in [3.8, 4) is 5.75 Å². The van der Waals surface area contributed by atoms with E-state index in [1.807, 2.05) is 6.92 Å². The molecule has 0 aliphatic heterocycles. The molecule has 0 fully saturated rings. The average Bonchev–Trinajstić information content (AvgIpc) is 2.63. The summed E-state index contributed by atoms with van der Waals surface area (Å²) in [5.74, 6) is 0.887. The highest BCUT2D eigenvalue weighted by atomic mass is 16.6. The van der Waals surface area contributed by atoms with Crippen LogP contribution in [0.4, 0.5) is 4.79 Å². The van der Waals surface area contributed by atoms with Crippen LogP contribution in [0.5, 0.6) is 5.75 Å². The van der Waals surface area contributed by atoms with Crippen molar-refractivity contribution in [1.82, 2.24) is 4.90 Å². The summed E-state index contributed by atoms with van der Waals surface area (Å²) in [6.45, 7) is 7.15. The van der Waals surface area contributed by atoms with Crippen LogP contribution in [0.3, 0.4) is 0 Å². The van der Waals surface area contributed by atoms with Gasteiger partial charge in [-0.25, -0.2) is 4.79 Å². The molecule has 1 aromatic carbocycles. The molecule has 0 aromatic heterocycles. The molecule has 0 radical (unpaired) electrons. The Hall–Kier alpha value is -1.71. The highest BCUT2D eigenvalue weighted by Crippen LogP contribution is 2.24. The Morgan fingerprint density at radius 3 is 2.28 bits per heavy atom. The molecule has 0 aliphatic carbocycles. The Labute approximate surface area is 153 Å². The molecule has 25 heavy (non-hydrogen) atoms. The number of rotatable bonds is 12. The molecule has 1 rings (SSSR count). The van der Waals surface area contributed by atoms with E-state index in [-0.39, 0.29) is 12.8 Å². The van der Waals surface area contributed by atoms with Crippen LogP contribution in [0.2, 0.25) is 0 Å². The van der Waals surface area contributed by atoms with Gasteiger partial charge in [0.25, 0.3) is 0 Å². The molecule has 1 aromatic rings. The minimum atomic E-state index is -0.355. The second kappa shape index (κ2) is 12.6. The maximum Gasteiger partial charge on any atom is 0.412 e. The summed E-state index contributed by atoms with van der Waals surface area (Å²) in [7, 11) is 1.40. The quantitative estimate of drug-likeness (QED) is 0.365. The Kier molecular flexibility index (Phi) is 10.8. The van der Waals surface area contributed by atoms with Crippen molar-refractivity contribution < 1.29 is 14.3 Å². The van der Waals surface area contributed by atoms with E-state index >= 15 is 0 Å². The first-order valence-electron chi connectivity index (χ1n) is 9.73. The van der Waals surface area contributed by atoms with Crippen LogP contribution in [0, 0.1) is 0 Å². The third-order valence-corrected chi connectivity index (χ3v) is 4.43. The zero-order valence-electron chi connectivity index (χ0n) is 16.5. The van der Waals surface area contributed by atoms with Gasteiger partial charge in [-0.2, -0.15) is 0 Å². The zero-order chi connectivity index (χ0) is 18.5. The Bertz CT molecular complexity index is 502. The first-order chi connectivity index (χ1) is 12.2. The minimum absolute atomic E-state index is 0.221. The molecule has 0 N–H and O–H groups in total. The molecule has 0 bridgehead atoms. The fourth-order valence-electron chi connectivity index (χ4n) is 2.82. The van der Waals surface area contributed by atoms with E-state index in [1.165, 1.54) is 56.8 Å². The van der Waals surface area contributed by atoms with E-state index in [2.05, 4.69) is 32.0 Å². The fourth-order valence-corrected chi connectivity index (χ4v) is 2.82. The molecule has 0 heterocycles. The summed E-state index contributed by atoms with van der Waals surface area (Å²) in [6.07, 6.45) is 9.13. The van der Waals surface area contributed by atoms with Gasteiger partial charge in [-0.05, 0) is 49.8 Å². The number of carbonyl (C=O) groups excluding carboxylic acids is 1. The summed E-state index contributed by atoms with van der Waals surface area (Å²) in [6, 6.07) is 6.51. The molecule has 142 valence electrons. The second-order valence-electron chi connectivity index (χ2n) is 6.46. The molecule has 0 saturated carbocycles. The Morgan fingerprint density at radius 1 is 1.00 bits per heavy atom. The van der Waals surface area contributed by atoms with E-state index in [9.17, 15) is 4.79 Å². The number of ether oxygens (including phenoxy) is 2. The summed E-state index contributed by atoms with van der Waals surface area (Å²) in [5.41, 5.74) is 2.64. The number of unbranched alkanes of at least 4 members (excludes halogenated alkanes) is 4. The van der Waals surface area contributed by atoms with E-state index < -0.39 is 0 Å². The number of hydrogen-bond acceptors (Lipinski definition) is 3. The van der Waals surface area contributed by atoms with Gasteiger partial charge in [0.05, 0.1) is 7.11 Å². The number of methoxy groups -OCH3 is 1. The van der Waals surface area contributed by atoms with Gasteiger partial charge in [0.1, 0.15) is 5.75 Å². The van der Waals surface area contributed by atoms with Crippen LogP contribution in [-0.4, -0.2) is 31.4 Å². The van der Waals surface area contributed by atoms with E-state index in [0.29, 0.717) is 6.54 Å². The first-order valence-corrected chi connectivity index (χ1v) is 9.73. The highest BCUT2D eigenvalue weighted by molar-refractivity contribution is 5.67. The Balaban J connectivity index is 2.78. The van der Waals surface area contributed by atoms with E-state index in [1.54, 1.807) is 4.90 Å². The lowest BCUT2D eigenvalue weighted by Gasteiger charge is -2.21. The van der Waals surface area contributed by atoms with Crippen molar-refractivity contribution in [3.63, 3.8) is 0 Å². The molecular formula is C21H35NO3. The number of hydrogen-bond donors (Lipinski definition) is 0. The van der Waals surface area contributed by atoms with Crippen molar-refractivity contribution in [1.29, 1.82) is 0 Å². The smallest absolute Gasteiger partial charge is 0.412 e. The molecule has 1 amide bonds. The van der Waals surface area contributed by atoms with Gasteiger partial charge in [0.15, 0.2) is 6.73 Å². The van der Waals surface area contributed by atoms with E-state index in [0.717, 1.165) is 18.6 Å². The van der Waals surface area contributed by atoms with Crippen molar-refractivity contribution in [2.75, 3.05) is 20.4 Å². The maximum absolute atomic E-state index is 11.7. The molecule has 0 saturated heterocycles. The third kappa shape index (κ3) is 7.80. The largest absolute Gasteiger partial charge is 0.473 e. The Morgan fingerprint density at radius 2 is 1.68 bits per heavy atom. The lowest BCUT2D eigenvalue weighted by Crippen LogP contribution is -2.34. The van der Waals surface area contributed by atoms with Crippen LogP contribution in [0.15, 0.2) is 18.2 Å². The van der Waals surface area contributed by atoms with Crippen LogP contribution >= 0.6 is 0 Å². The van der Waals surface area contributed by atoms with Crippen LogP contribution < -0.4 is 4.74 Å². The lowest BCUT2D eigenvalue weighted by atomic mass is 10.0. The molecule has 0 aliphatic rings. The van der Waals surface area contributed by atoms with Crippen molar-refractivity contribution >= 4 is 6.09 Å². The van der Waals surface area contributed by atoms with Gasteiger partial charge in [-0.15, -0.1) is 0 Å². The average molecular weight is 350 g/mol. The number of carbonyl (C=O) groups is 1. The van der Waals surface area contributed by atoms with Crippen LogP contribution in [0.1, 0.15) is 70.4 Å². The lowest BCUT2D eigenvalue weighted by molar-refractivity contribution is 0.0870. The van der Waals surface area contributed by atoms with Gasteiger partial charge >= 0.3 is 6.09 Å². The second-order valence-corrected chi connectivity index (χ2v) is 6.46. The van der Waals surface area contributed by atoms with Gasteiger partial charge in [-0.1, -0.05) is 51.7 Å². The molecular weight excluding hydrogens is 314 g/mol. The fraction of sp³-hybridized carbons (Fsp3) is 0.667. The molecule has 4 nitrogen and oxygen atoms in total. The van der Waals surface area contributed by atoms with Crippen LogP contribution in [0.25, 0.3) is 0 Å². The number of benzene rings is 1. The van der Waals surface area contributed by atoms with Crippen molar-refractivity contribution in [2.24, 2.45) is 0 Å². The summed E-state index contributed by atoms with van der Waals surface area (Å²) < 4.78 is 10.7. The minimum Gasteiger partial charge on any atom is -0.473 e. The zero-order valence-corrected chi connectivity index (χ0v) is 16.5. The predicted molar refractivity (Wildman–Crippen MR) is 103 cm³/mol. The SMILES string of the molecule is CCCCCc1ccc(OCN(CC)C(=O)OC)c(CCCCC)c1. The number of nitrogens with zero attached hydrogens (tertiary/aromatic N) is 1. The highest BCUT2D eigenvalue weighted by Gasteiger charge is 2.13. The molecule has 0 atom stereocenters.